The molecule has 2 fully saturated rings. The molecule has 0 saturated carbocycles. The first-order chi connectivity index (χ1) is 11.1. The Hall–Kier alpha value is -1.14. The molecule has 2 rings (SSSR count). The SMILES string of the molecule is CCOC(=O)C(C)N1CCN(CC(=O)N2CCCCCC2)CC1. The Morgan fingerprint density at radius 1 is 0.957 bits per heavy atom. The average Bonchev–Trinajstić information content (AvgIpc) is 2.84. The summed E-state index contributed by atoms with van der Waals surface area (Å²) in [6, 6.07) is -0.196. The molecule has 6 nitrogen and oxygen atoms in total. The highest BCUT2D eigenvalue weighted by atomic mass is 16.5. The van der Waals surface area contributed by atoms with Crippen LogP contribution in [-0.4, -0.2) is 85.0 Å². The van der Waals surface area contributed by atoms with Crippen LogP contribution in [0.2, 0.25) is 0 Å². The van der Waals surface area contributed by atoms with Crippen LogP contribution in [0.15, 0.2) is 0 Å². The smallest absolute Gasteiger partial charge is 0.323 e. The van der Waals surface area contributed by atoms with Gasteiger partial charge in [-0.3, -0.25) is 19.4 Å². The minimum absolute atomic E-state index is 0.151. The first-order valence-corrected chi connectivity index (χ1v) is 9.02. The summed E-state index contributed by atoms with van der Waals surface area (Å²) in [6.07, 6.45) is 4.76. The van der Waals surface area contributed by atoms with E-state index in [1.165, 1.54) is 12.8 Å². The molecule has 2 aliphatic rings. The van der Waals surface area contributed by atoms with Crippen molar-refractivity contribution >= 4 is 11.9 Å². The Labute approximate surface area is 139 Å². The van der Waals surface area contributed by atoms with Gasteiger partial charge in [-0.2, -0.15) is 0 Å². The summed E-state index contributed by atoms with van der Waals surface area (Å²) >= 11 is 0. The molecule has 0 aromatic carbocycles. The fourth-order valence-corrected chi connectivity index (χ4v) is 3.33. The van der Waals surface area contributed by atoms with Crippen molar-refractivity contribution in [3.8, 4) is 0 Å². The maximum Gasteiger partial charge on any atom is 0.323 e. The van der Waals surface area contributed by atoms with Gasteiger partial charge in [0.1, 0.15) is 6.04 Å². The summed E-state index contributed by atoms with van der Waals surface area (Å²) in [5, 5.41) is 0. The predicted molar refractivity (Wildman–Crippen MR) is 89.2 cm³/mol. The van der Waals surface area contributed by atoms with Crippen LogP contribution in [0.25, 0.3) is 0 Å². The van der Waals surface area contributed by atoms with E-state index >= 15 is 0 Å². The average molecular weight is 325 g/mol. The number of carbonyl (C=O) groups is 2. The highest BCUT2D eigenvalue weighted by molar-refractivity contribution is 5.78. The van der Waals surface area contributed by atoms with Crippen LogP contribution in [0.5, 0.6) is 0 Å². The maximum absolute atomic E-state index is 12.4. The van der Waals surface area contributed by atoms with Crippen LogP contribution in [0, 0.1) is 0 Å². The summed E-state index contributed by atoms with van der Waals surface area (Å²) in [7, 11) is 0. The van der Waals surface area contributed by atoms with Crippen LogP contribution < -0.4 is 0 Å². The van der Waals surface area contributed by atoms with Crippen molar-refractivity contribution in [2.45, 2.75) is 45.6 Å². The summed E-state index contributed by atoms with van der Waals surface area (Å²) in [5.41, 5.74) is 0. The number of likely N-dealkylation sites (tertiary alicyclic amines) is 1. The van der Waals surface area contributed by atoms with E-state index in [4.69, 9.17) is 4.74 Å². The molecule has 6 heteroatoms. The molecular formula is C17H31N3O3. The summed E-state index contributed by atoms with van der Waals surface area (Å²) in [4.78, 5) is 30.6. The molecule has 0 radical (unpaired) electrons. The van der Waals surface area contributed by atoms with Crippen molar-refractivity contribution in [2.75, 3.05) is 52.4 Å². The van der Waals surface area contributed by atoms with Gasteiger partial charge in [0, 0.05) is 39.3 Å². The van der Waals surface area contributed by atoms with Crippen LogP contribution in [-0.2, 0) is 14.3 Å². The van der Waals surface area contributed by atoms with E-state index in [1.54, 1.807) is 0 Å². The van der Waals surface area contributed by atoms with Gasteiger partial charge in [0.2, 0.25) is 5.91 Å². The normalized spacial score (nSPS) is 22.4. The molecule has 1 amide bonds. The minimum Gasteiger partial charge on any atom is -0.465 e. The lowest BCUT2D eigenvalue weighted by molar-refractivity contribution is -0.150. The molecule has 0 N–H and O–H groups in total. The van der Waals surface area contributed by atoms with Crippen molar-refractivity contribution in [1.29, 1.82) is 0 Å². The second-order valence-corrected chi connectivity index (χ2v) is 6.54. The highest BCUT2D eigenvalue weighted by Crippen LogP contribution is 2.12. The van der Waals surface area contributed by atoms with E-state index in [2.05, 4.69) is 9.80 Å². The molecule has 1 atom stereocenters. The van der Waals surface area contributed by atoms with Gasteiger partial charge in [0.05, 0.1) is 13.2 Å². The summed E-state index contributed by atoms with van der Waals surface area (Å²) in [6.45, 7) is 9.80. The van der Waals surface area contributed by atoms with E-state index in [0.717, 1.165) is 52.1 Å². The summed E-state index contributed by atoms with van der Waals surface area (Å²) in [5.74, 6) is 0.111. The third-order valence-corrected chi connectivity index (χ3v) is 4.90. The van der Waals surface area contributed by atoms with E-state index in [9.17, 15) is 9.59 Å². The molecule has 2 saturated heterocycles. The quantitative estimate of drug-likeness (QED) is 0.705. The van der Waals surface area contributed by atoms with Crippen molar-refractivity contribution < 1.29 is 14.3 Å². The Morgan fingerprint density at radius 3 is 2.13 bits per heavy atom. The molecule has 0 bridgehead atoms. The van der Waals surface area contributed by atoms with Crippen LogP contribution in [0.3, 0.4) is 0 Å². The lowest BCUT2D eigenvalue weighted by atomic mass is 10.2. The number of amides is 1. The topological polar surface area (TPSA) is 53.1 Å². The molecule has 2 aliphatic heterocycles. The molecule has 0 spiro atoms. The standard InChI is InChI=1S/C17H31N3O3/c1-3-23-17(22)15(2)19-12-10-18(11-13-19)14-16(21)20-8-6-4-5-7-9-20/h15H,3-14H2,1-2H3. The second-order valence-electron chi connectivity index (χ2n) is 6.54. The van der Waals surface area contributed by atoms with Gasteiger partial charge < -0.3 is 9.64 Å². The van der Waals surface area contributed by atoms with Crippen LogP contribution in [0.1, 0.15) is 39.5 Å². The Kier molecular flexibility index (Phi) is 7.30. The van der Waals surface area contributed by atoms with E-state index in [0.29, 0.717) is 13.2 Å². The lowest BCUT2D eigenvalue weighted by Crippen LogP contribution is -2.54. The number of rotatable bonds is 5. The number of piperazine rings is 1. The summed E-state index contributed by atoms with van der Waals surface area (Å²) < 4.78 is 5.08. The largest absolute Gasteiger partial charge is 0.465 e. The Morgan fingerprint density at radius 2 is 1.57 bits per heavy atom. The highest BCUT2D eigenvalue weighted by Gasteiger charge is 2.27. The first-order valence-electron chi connectivity index (χ1n) is 9.02. The van der Waals surface area contributed by atoms with Crippen LogP contribution >= 0.6 is 0 Å². The Bertz CT molecular complexity index is 387. The zero-order valence-corrected chi connectivity index (χ0v) is 14.6. The fraction of sp³-hybridized carbons (Fsp3) is 0.882. The van der Waals surface area contributed by atoms with Gasteiger partial charge in [-0.25, -0.2) is 0 Å². The number of hydrogen-bond donors (Lipinski definition) is 0. The van der Waals surface area contributed by atoms with Gasteiger partial charge in [-0.1, -0.05) is 12.8 Å². The third kappa shape index (κ3) is 5.46. The molecule has 132 valence electrons. The number of esters is 1. The Balaban J connectivity index is 1.73. The predicted octanol–water partition coefficient (Wildman–Crippen LogP) is 0.958. The number of nitrogens with zero attached hydrogens (tertiary/aromatic N) is 3. The van der Waals surface area contributed by atoms with Gasteiger partial charge in [0.25, 0.3) is 0 Å². The van der Waals surface area contributed by atoms with Crippen molar-refractivity contribution in [1.82, 2.24) is 14.7 Å². The van der Waals surface area contributed by atoms with Gasteiger partial charge in [0.15, 0.2) is 0 Å². The fourth-order valence-electron chi connectivity index (χ4n) is 3.33. The molecule has 0 aromatic rings. The molecule has 1 unspecified atom stereocenters. The van der Waals surface area contributed by atoms with Gasteiger partial charge in [-0.15, -0.1) is 0 Å². The maximum atomic E-state index is 12.4. The van der Waals surface area contributed by atoms with Crippen molar-refractivity contribution in [3.05, 3.63) is 0 Å². The molecule has 0 aliphatic carbocycles. The zero-order chi connectivity index (χ0) is 16.7. The second kappa shape index (κ2) is 9.23. The number of ether oxygens (including phenoxy) is 1. The van der Waals surface area contributed by atoms with E-state index in [1.807, 2.05) is 18.7 Å². The minimum atomic E-state index is -0.196. The number of carbonyl (C=O) groups excluding carboxylic acids is 2. The van der Waals surface area contributed by atoms with Gasteiger partial charge >= 0.3 is 5.97 Å². The molecule has 23 heavy (non-hydrogen) atoms. The van der Waals surface area contributed by atoms with Crippen molar-refractivity contribution in [2.24, 2.45) is 0 Å². The molecule has 2 heterocycles. The zero-order valence-electron chi connectivity index (χ0n) is 14.6. The monoisotopic (exact) mass is 325 g/mol. The van der Waals surface area contributed by atoms with E-state index in [-0.39, 0.29) is 17.9 Å². The first kappa shape index (κ1) is 18.2. The van der Waals surface area contributed by atoms with Gasteiger partial charge in [-0.05, 0) is 26.7 Å². The van der Waals surface area contributed by atoms with Crippen LogP contribution in [0.4, 0.5) is 0 Å². The molecular weight excluding hydrogens is 294 g/mol. The lowest BCUT2D eigenvalue weighted by Gasteiger charge is -2.37. The number of hydrogen-bond acceptors (Lipinski definition) is 5. The molecule has 0 aromatic heterocycles. The third-order valence-electron chi connectivity index (χ3n) is 4.90. The van der Waals surface area contributed by atoms with E-state index < -0.39 is 0 Å². The van der Waals surface area contributed by atoms with Crippen molar-refractivity contribution in [3.63, 3.8) is 0 Å².